The van der Waals surface area contributed by atoms with Gasteiger partial charge in [0.05, 0.1) is 23.5 Å². The van der Waals surface area contributed by atoms with E-state index in [2.05, 4.69) is 48.4 Å². The Morgan fingerprint density at radius 1 is 1.27 bits per heavy atom. The molecule has 1 aliphatic rings. The standard InChI is InChI=1S/C21H32N4O/c1-4-13-24(5-2)21(26)17-10-9-14-23(15-17)16-20-22-18-11-7-8-12-19(18)25(20)6-3/h7-8,11-12,17H,4-6,9-10,13-16H2,1-3H3/t17-/m1/s1. The summed E-state index contributed by atoms with van der Waals surface area (Å²) in [6, 6.07) is 8.34. The molecule has 1 saturated heterocycles. The highest BCUT2D eigenvalue weighted by Crippen LogP contribution is 2.22. The quantitative estimate of drug-likeness (QED) is 0.762. The number of likely N-dealkylation sites (tertiary alicyclic amines) is 1. The number of fused-ring (bicyclic) bond motifs is 1. The zero-order valence-corrected chi connectivity index (χ0v) is 16.4. The third-order valence-corrected chi connectivity index (χ3v) is 5.46. The van der Waals surface area contributed by atoms with Crippen LogP contribution in [0.5, 0.6) is 0 Å². The summed E-state index contributed by atoms with van der Waals surface area (Å²) in [6.45, 7) is 11.7. The number of carbonyl (C=O) groups excluding carboxylic acids is 1. The van der Waals surface area contributed by atoms with E-state index in [4.69, 9.17) is 4.98 Å². The highest BCUT2D eigenvalue weighted by atomic mass is 16.2. The first-order valence-electron chi connectivity index (χ1n) is 10.1. The van der Waals surface area contributed by atoms with Crippen molar-refractivity contribution < 1.29 is 4.79 Å². The van der Waals surface area contributed by atoms with Gasteiger partial charge in [0.15, 0.2) is 0 Å². The lowest BCUT2D eigenvalue weighted by molar-refractivity contribution is -0.137. The van der Waals surface area contributed by atoms with E-state index >= 15 is 0 Å². The number of nitrogens with zero attached hydrogens (tertiary/aromatic N) is 4. The van der Waals surface area contributed by atoms with E-state index in [9.17, 15) is 4.79 Å². The lowest BCUT2D eigenvalue weighted by atomic mass is 9.96. The average molecular weight is 357 g/mol. The molecule has 0 aliphatic carbocycles. The second kappa shape index (κ2) is 8.67. The van der Waals surface area contributed by atoms with Crippen LogP contribution in [0.2, 0.25) is 0 Å². The number of aromatic nitrogens is 2. The van der Waals surface area contributed by atoms with Gasteiger partial charge in [0.25, 0.3) is 0 Å². The number of aryl methyl sites for hydroxylation is 1. The van der Waals surface area contributed by atoms with E-state index in [1.807, 2.05) is 11.0 Å². The Kier molecular flexibility index (Phi) is 6.30. The molecule has 1 atom stereocenters. The van der Waals surface area contributed by atoms with E-state index in [0.29, 0.717) is 5.91 Å². The van der Waals surface area contributed by atoms with Crippen molar-refractivity contribution in [3.63, 3.8) is 0 Å². The van der Waals surface area contributed by atoms with Gasteiger partial charge in [0.2, 0.25) is 5.91 Å². The fourth-order valence-corrected chi connectivity index (χ4v) is 4.15. The number of hydrogen-bond donors (Lipinski definition) is 0. The Balaban J connectivity index is 1.72. The molecule has 0 radical (unpaired) electrons. The Morgan fingerprint density at radius 3 is 2.81 bits per heavy atom. The smallest absolute Gasteiger partial charge is 0.226 e. The molecule has 1 fully saturated rings. The second-order valence-corrected chi connectivity index (χ2v) is 7.25. The molecule has 26 heavy (non-hydrogen) atoms. The Morgan fingerprint density at radius 2 is 2.08 bits per heavy atom. The maximum atomic E-state index is 12.9. The lowest BCUT2D eigenvalue weighted by Crippen LogP contribution is -2.45. The molecule has 142 valence electrons. The Bertz CT molecular complexity index is 739. The monoisotopic (exact) mass is 356 g/mol. The molecule has 0 bridgehead atoms. The fraction of sp³-hybridized carbons (Fsp3) is 0.619. The molecule has 5 nitrogen and oxygen atoms in total. The third kappa shape index (κ3) is 3.93. The van der Waals surface area contributed by atoms with E-state index < -0.39 is 0 Å². The minimum atomic E-state index is 0.134. The van der Waals surface area contributed by atoms with Gasteiger partial charge >= 0.3 is 0 Å². The van der Waals surface area contributed by atoms with Crippen LogP contribution in [-0.4, -0.2) is 51.4 Å². The van der Waals surface area contributed by atoms with Crippen LogP contribution in [0.3, 0.4) is 0 Å². The van der Waals surface area contributed by atoms with Crippen molar-refractivity contribution in [3.8, 4) is 0 Å². The Labute approximate surface area is 157 Å². The highest BCUT2D eigenvalue weighted by molar-refractivity contribution is 5.79. The van der Waals surface area contributed by atoms with Crippen molar-refractivity contribution in [1.29, 1.82) is 0 Å². The molecule has 1 aliphatic heterocycles. The predicted octanol–water partition coefficient (Wildman–Crippen LogP) is 3.53. The van der Waals surface area contributed by atoms with Gasteiger partial charge in [-0.2, -0.15) is 0 Å². The van der Waals surface area contributed by atoms with Gasteiger partial charge in [-0.3, -0.25) is 9.69 Å². The number of carbonyl (C=O) groups is 1. The largest absolute Gasteiger partial charge is 0.343 e. The first kappa shape index (κ1) is 18.9. The maximum absolute atomic E-state index is 12.9. The van der Waals surface area contributed by atoms with Gasteiger partial charge in [-0.25, -0.2) is 4.98 Å². The predicted molar refractivity (Wildman–Crippen MR) is 106 cm³/mol. The topological polar surface area (TPSA) is 41.4 Å². The lowest BCUT2D eigenvalue weighted by Gasteiger charge is -2.34. The molecule has 1 aromatic heterocycles. The van der Waals surface area contributed by atoms with Crippen LogP contribution in [0.15, 0.2) is 24.3 Å². The minimum absolute atomic E-state index is 0.134. The number of piperidine rings is 1. The molecule has 5 heteroatoms. The number of para-hydroxylation sites is 2. The van der Waals surface area contributed by atoms with Gasteiger partial charge in [-0.15, -0.1) is 0 Å². The molecule has 1 amide bonds. The summed E-state index contributed by atoms with van der Waals surface area (Å²) in [4.78, 5) is 22.2. The van der Waals surface area contributed by atoms with Crippen molar-refractivity contribution in [2.45, 2.75) is 53.1 Å². The van der Waals surface area contributed by atoms with Crippen molar-refractivity contribution in [3.05, 3.63) is 30.1 Å². The van der Waals surface area contributed by atoms with Gasteiger partial charge in [0, 0.05) is 26.2 Å². The van der Waals surface area contributed by atoms with Crippen LogP contribution in [0.1, 0.15) is 45.9 Å². The van der Waals surface area contributed by atoms with Gasteiger partial charge in [-0.05, 0) is 51.8 Å². The first-order chi connectivity index (χ1) is 12.7. The number of rotatable bonds is 7. The summed E-state index contributed by atoms with van der Waals surface area (Å²) >= 11 is 0. The normalized spacial score (nSPS) is 18.3. The molecule has 0 spiro atoms. The van der Waals surface area contributed by atoms with Crippen LogP contribution >= 0.6 is 0 Å². The van der Waals surface area contributed by atoms with E-state index in [1.165, 1.54) is 5.52 Å². The van der Waals surface area contributed by atoms with E-state index in [0.717, 1.165) is 69.9 Å². The van der Waals surface area contributed by atoms with Crippen molar-refractivity contribution in [1.82, 2.24) is 19.4 Å². The van der Waals surface area contributed by atoms with Gasteiger partial charge in [-0.1, -0.05) is 19.1 Å². The van der Waals surface area contributed by atoms with Crippen molar-refractivity contribution in [2.24, 2.45) is 5.92 Å². The first-order valence-corrected chi connectivity index (χ1v) is 10.1. The maximum Gasteiger partial charge on any atom is 0.226 e. The molecular formula is C21H32N4O. The highest BCUT2D eigenvalue weighted by Gasteiger charge is 2.29. The molecular weight excluding hydrogens is 324 g/mol. The van der Waals surface area contributed by atoms with Crippen LogP contribution in [0.4, 0.5) is 0 Å². The summed E-state index contributed by atoms with van der Waals surface area (Å²) < 4.78 is 2.30. The summed E-state index contributed by atoms with van der Waals surface area (Å²) in [5, 5.41) is 0. The number of benzene rings is 1. The molecule has 2 heterocycles. The van der Waals surface area contributed by atoms with E-state index in [1.54, 1.807) is 0 Å². The second-order valence-electron chi connectivity index (χ2n) is 7.25. The molecule has 2 aromatic rings. The SMILES string of the molecule is CCCN(CC)C(=O)[C@@H]1CCCN(Cc2nc3ccccc3n2CC)C1. The van der Waals surface area contributed by atoms with Crippen LogP contribution in [0, 0.1) is 5.92 Å². The summed E-state index contributed by atoms with van der Waals surface area (Å²) in [6.07, 6.45) is 3.13. The number of amides is 1. The molecule has 0 unspecified atom stereocenters. The zero-order chi connectivity index (χ0) is 18.5. The fourth-order valence-electron chi connectivity index (χ4n) is 4.15. The van der Waals surface area contributed by atoms with E-state index in [-0.39, 0.29) is 5.92 Å². The average Bonchev–Trinajstić information content (AvgIpc) is 3.02. The van der Waals surface area contributed by atoms with Gasteiger partial charge in [0.1, 0.15) is 5.82 Å². The van der Waals surface area contributed by atoms with Crippen molar-refractivity contribution >= 4 is 16.9 Å². The Hall–Kier alpha value is -1.88. The third-order valence-electron chi connectivity index (χ3n) is 5.46. The van der Waals surface area contributed by atoms with Crippen LogP contribution in [-0.2, 0) is 17.9 Å². The summed E-state index contributed by atoms with van der Waals surface area (Å²) in [5.74, 6) is 1.58. The summed E-state index contributed by atoms with van der Waals surface area (Å²) in [7, 11) is 0. The zero-order valence-electron chi connectivity index (χ0n) is 16.4. The van der Waals surface area contributed by atoms with Crippen LogP contribution < -0.4 is 0 Å². The molecule has 1 aromatic carbocycles. The van der Waals surface area contributed by atoms with Crippen molar-refractivity contribution in [2.75, 3.05) is 26.2 Å². The molecule has 3 rings (SSSR count). The van der Waals surface area contributed by atoms with Crippen LogP contribution in [0.25, 0.3) is 11.0 Å². The minimum Gasteiger partial charge on any atom is -0.343 e. The van der Waals surface area contributed by atoms with Gasteiger partial charge < -0.3 is 9.47 Å². The number of hydrogen-bond acceptors (Lipinski definition) is 3. The summed E-state index contributed by atoms with van der Waals surface area (Å²) in [5.41, 5.74) is 2.27. The molecule has 0 N–H and O–H groups in total. The number of imidazole rings is 1. The molecule has 0 saturated carbocycles.